The molecule has 0 saturated heterocycles. The van der Waals surface area contributed by atoms with E-state index >= 15 is 0 Å². The van der Waals surface area contributed by atoms with Gasteiger partial charge in [-0.2, -0.15) is 0 Å². The highest BCUT2D eigenvalue weighted by atomic mass is 32.1. The van der Waals surface area contributed by atoms with Crippen molar-refractivity contribution in [1.29, 1.82) is 0 Å². The maximum Gasteiger partial charge on any atom is 0.248 e. The number of hydrogen-bond acceptors (Lipinski definition) is 4. The van der Waals surface area contributed by atoms with Gasteiger partial charge in [0.15, 0.2) is 0 Å². The maximum atomic E-state index is 11.9. The predicted molar refractivity (Wildman–Crippen MR) is 103 cm³/mol. The summed E-state index contributed by atoms with van der Waals surface area (Å²) in [5, 5.41) is 5.79. The summed E-state index contributed by atoms with van der Waals surface area (Å²) >= 11 is 1.57. The number of nitrogens with zero attached hydrogens (tertiary/aromatic N) is 2. The van der Waals surface area contributed by atoms with Crippen molar-refractivity contribution in [2.75, 3.05) is 5.32 Å². The number of carbonyl (C=O) groups excluding carboxylic acids is 1. The Hall–Kier alpha value is -3.05. The first-order valence-electron chi connectivity index (χ1n) is 7.83. The van der Waals surface area contributed by atoms with Crippen molar-refractivity contribution >= 4 is 22.9 Å². The number of amides is 1. The van der Waals surface area contributed by atoms with Gasteiger partial charge in [0, 0.05) is 40.7 Å². The second kappa shape index (κ2) is 8.17. The maximum absolute atomic E-state index is 11.9. The van der Waals surface area contributed by atoms with Crippen LogP contribution in [0.3, 0.4) is 0 Å². The molecule has 3 aromatic rings. The number of nitrogens with one attached hydrogen (secondary N) is 1. The molecule has 1 N–H and O–H groups in total. The molecule has 0 bridgehead atoms. The zero-order chi connectivity index (χ0) is 17.5. The van der Waals surface area contributed by atoms with E-state index in [1.807, 2.05) is 60.9 Å². The molecule has 0 unspecified atom stereocenters. The third kappa shape index (κ3) is 4.49. The predicted octanol–water partition coefficient (Wildman–Crippen LogP) is 4.94. The molecule has 25 heavy (non-hydrogen) atoms. The fraction of sp³-hybridized carbons (Fsp3) is 0.0500. The van der Waals surface area contributed by atoms with Crippen molar-refractivity contribution in [3.8, 4) is 21.8 Å². The summed E-state index contributed by atoms with van der Waals surface area (Å²) in [6, 6.07) is 11.6. The minimum Gasteiger partial charge on any atom is -0.322 e. The van der Waals surface area contributed by atoms with Crippen molar-refractivity contribution in [2.24, 2.45) is 0 Å². The fourth-order valence-corrected chi connectivity index (χ4v) is 3.04. The zero-order valence-corrected chi connectivity index (χ0v) is 14.5. The van der Waals surface area contributed by atoms with E-state index in [1.165, 1.54) is 6.08 Å². The van der Waals surface area contributed by atoms with Crippen molar-refractivity contribution in [2.45, 2.75) is 6.92 Å². The number of benzene rings is 1. The van der Waals surface area contributed by atoms with Crippen molar-refractivity contribution in [1.82, 2.24) is 9.97 Å². The molecular formula is C20H17N3OS. The SMILES string of the molecule is C/C=C/C=C/C(=O)Nc1cccc(-c2csc(-c3cccnc3)n2)c1. The summed E-state index contributed by atoms with van der Waals surface area (Å²) < 4.78 is 0. The van der Waals surface area contributed by atoms with Gasteiger partial charge in [0.05, 0.1) is 5.69 Å². The second-order valence-electron chi connectivity index (χ2n) is 5.23. The van der Waals surface area contributed by atoms with Crippen LogP contribution in [0.5, 0.6) is 0 Å². The Labute approximate surface area is 150 Å². The Morgan fingerprint density at radius 3 is 2.84 bits per heavy atom. The highest BCUT2D eigenvalue weighted by Gasteiger charge is 2.08. The topological polar surface area (TPSA) is 54.9 Å². The van der Waals surface area contributed by atoms with Gasteiger partial charge in [-0.15, -0.1) is 11.3 Å². The van der Waals surface area contributed by atoms with Gasteiger partial charge in [0.25, 0.3) is 0 Å². The molecule has 0 saturated carbocycles. The summed E-state index contributed by atoms with van der Waals surface area (Å²) in [5.41, 5.74) is 3.58. The molecule has 1 aromatic carbocycles. The van der Waals surface area contributed by atoms with E-state index < -0.39 is 0 Å². The smallest absolute Gasteiger partial charge is 0.248 e. The van der Waals surface area contributed by atoms with E-state index in [2.05, 4.69) is 15.3 Å². The summed E-state index contributed by atoms with van der Waals surface area (Å²) in [7, 11) is 0. The van der Waals surface area contributed by atoms with Gasteiger partial charge in [0.2, 0.25) is 5.91 Å². The minimum absolute atomic E-state index is 0.162. The number of carbonyl (C=O) groups is 1. The number of aromatic nitrogens is 2. The van der Waals surface area contributed by atoms with E-state index in [1.54, 1.807) is 29.8 Å². The van der Waals surface area contributed by atoms with E-state index in [0.29, 0.717) is 0 Å². The molecule has 0 fully saturated rings. The van der Waals surface area contributed by atoms with Crippen LogP contribution in [0, 0.1) is 0 Å². The quantitative estimate of drug-likeness (QED) is 0.525. The van der Waals surface area contributed by atoms with Gasteiger partial charge in [-0.25, -0.2) is 4.98 Å². The van der Waals surface area contributed by atoms with Gasteiger partial charge in [0.1, 0.15) is 5.01 Å². The molecule has 2 aromatic heterocycles. The highest BCUT2D eigenvalue weighted by Crippen LogP contribution is 2.29. The van der Waals surface area contributed by atoms with Gasteiger partial charge in [-0.1, -0.05) is 30.4 Å². The fourth-order valence-electron chi connectivity index (χ4n) is 2.22. The first-order chi connectivity index (χ1) is 12.3. The summed E-state index contributed by atoms with van der Waals surface area (Å²) in [6.45, 7) is 1.90. The normalized spacial score (nSPS) is 11.2. The van der Waals surface area contributed by atoms with Crippen LogP contribution in [0.15, 0.2) is 78.5 Å². The number of pyridine rings is 1. The number of allylic oxidation sites excluding steroid dienone is 3. The Morgan fingerprint density at radius 2 is 2.04 bits per heavy atom. The van der Waals surface area contributed by atoms with Gasteiger partial charge in [-0.05, 0) is 31.2 Å². The highest BCUT2D eigenvalue weighted by molar-refractivity contribution is 7.13. The average Bonchev–Trinajstić information content (AvgIpc) is 3.13. The van der Waals surface area contributed by atoms with E-state index in [-0.39, 0.29) is 5.91 Å². The molecule has 0 atom stereocenters. The largest absolute Gasteiger partial charge is 0.322 e. The lowest BCUT2D eigenvalue weighted by Gasteiger charge is -2.04. The average molecular weight is 347 g/mol. The third-order valence-electron chi connectivity index (χ3n) is 3.39. The van der Waals surface area contributed by atoms with Crippen LogP contribution < -0.4 is 5.32 Å². The second-order valence-corrected chi connectivity index (χ2v) is 6.09. The van der Waals surface area contributed by atoms with Crippen LogP contribution in [-0.2, 0) is 4.79 Å². The molecule has 0 aliphatic heterocycles. The lowest BCUT2D eigenvalue weighted by Crippen LogP contribution is -2.07. The zero-order valence-electron chi connectivity index (χ0n) is 13.7. The standard InChI is InChI=1S/C20H17N3OS/c1-2-3-4-10-19(24)22-17-9-5-7-15(12-17)18-14-25-20(23-18)16-8-6-11-21-13-16/h2-14H,1H3,(H,22,24)/b3-2+,10-4+. The van der Waals surface area contributed by atoms with E-state index in [9.17, 15) is 4.79 Å². The Morgan fingerprint density at radius 1 is 1.16 bits per heavy atom. The van der Waals surface area contributed by atoms with Crippen molar-refractivity contribution in [3.63, 3.8) is 0 Å². The van der Waals surface area contributed by atoms with E-state index in [0.717, 1.165) is 27.5 Å². The first-order valence-corrected chi connectivity index (χ1v) is 8.71. The molecule has 0 aliphatic rings. The van der Waals surface area contributed by atoms with Gasteiger partial charge >= 0.3 is 0 Å². The summed E-state index contributed by atoms with van der Waals surface area (Å²) in [4.78, 5) is 20.7. The monoisotopic (exact) mass is 347 g/mol. The molecule has 0 aliphatic carbocycles. The summed E-state index contributed by atoms with van der Waals surface area (Å²) in [6.07, 6.45) is 10.4. The van der Waals surface area contributed by atoms with Crippen molar-refractivity contribution in [3.05, 3.63) is 78.5 Å². The minimum atomic E-state index is -0.162. The number of hydrogen-bond donors (Lipinski definition) is 1. The van der Waals surface area contributed by atoms with Crippen LogP contribution in [0.2, 0.25) is 0 Å². The molecule has 3 rings (SSSR count). The lowest BCUT2D eigenvalue weighted by molar-refractivity contribution is -0.111. The number of thiazole rings is 1. The molecule has 4 nitrogen and oxygen atoms in total. The molecule has 1 amide bonds. The molecule has 2 heterocycles. The van der Waals surface area contributed by atoms with Gasteiger partial charge < -0.3 is 5.32 Å². The number of rotatable bonds is 5. The summed E-state index contributed by atoms with van der Waals surface area (Å²) in [5.74, 6) is -0.162. The first kappa shape index (κ1) is 16.8. The molecular weight excluding hydrogens is 330 g/mol. The molecule has 0 spiro atoms. The van der Waals surface area contributed by atoms with Crippen molar-refractivity contribution < 1.29 is 4.79 Å². The van der Waals surface area contributed by atoms with E-state index in [4.69, 9.17) is 0 Å². The third-order valence-corrected chi connectivity index (χ3v) is 4.28. The van der Waals surface area contributed by atoms with Crippen LogP contribution in [-0.4, -0.2) is 15.9 Å². The van der Waals surface area contributed by atoms with Crippen LogP contribution in [0.4, 0.5) is 5.69 Å². The Balaban J connectivity index is 1.78. The van der Waals surface area contributed by atoms with Gasteiger partial charge in [-0.3, -0.25) is 9.78 Å². The molecule has 5 heteroatoms. The Kier molecular flexibility index (Phi) is 5.49. The number of anilines is 1. The van der Waals surface area contributed by atoms with Crippen LogP contribution >= 0.6 is 11.3 Å². The molecule has 0 radical (unpaired) electrons. The Bertz CT molecular complexity index is 913. The lowest BCUT2D eigenvalue weighted by atomic mass is 10.1. The molecule has 124 valence electrons. The van der Waals surface area contributed by atoms with Crippen LogP contribution in [0.25, 0.3) is 21.8 Å². The van der Waals surface area contributed by atoms with Crippen LogP contribution in [0.1, 0.15) is 6.92 Å².